The largest absolute Gasteiger partial charge is 0.425 e. The Balaban J connectivity index is 1.16. The van der Waals surface area contributed by atoms with Crippen LogP contribution in [0.25, 0.3) is 5.57 Å². The molecule has 2 atom stereocenters. The number of nitrogens with zero attached hydrogens (tertiary/aromatic N) is 3. The van der Waals surface area contributed by atoms with Crippen LogP contribution in [0.3, 0.4) is 0 Å². The first-order valence-corrected chi connectivity index (χ1v) is 17.4. The molecule has 0 fully saturated rings. The molecule has 0 spiro atoms. The third-order valence-corrected chi connectivity index (χ3v) is 10.1. The van der Waals surface area contributed by atoms with E-state index in [-0.39, 0.29) is 28.0 Å². The van der Waals surface area contributed by atoms with Crippen LogP contribution in [0.2, 0.25) is 0 Å². The number of ether oxygens (including phenoxy) is 1. The molecule has 3 aliphatic rings. The minimum Gasteiger partial charge on any atom is -0.425 e. The van der Waals surface area contributed by atoms with E-state index in [1.807, 2.05) is 26.8 Å². The van der Waals surface area contributed by atoms with Crippen molar-refractivity contribution < 1.29 is 33.5 Å². The van der Waals surface area contributed by atoms with E-state index in [1.54, 1.807) is 126 Å². The lowest BCUT2D eigenvalue weighted by Crippen LogP contribution is -2.54. The highest BCUT2D eigenvalue weighted by molar-refractivity contribution is 6.24. The minimum atomic E-state index is -1.38. The summed E-state index contributed by atoms with van der Waals surface area (Å²) < 4.78 is 5.95. The fourth-order valence-electron chi connectivity index (χ4n) is 7.72. The molecule has 266 valence electrons. The molecule has 5 aromatic rings. The molecule has 5 amide bonds. The molecule has 8 rings (SSSR count). The topological polar surface area (TPSA) is 121 Å². The summed E-state index contributed by atoms with van der Waals surface area (Å²) in [5.74, 6) is -3.57. The maximum atomic E-state index is 15.0. The molecular formula is C44H33N3O7. The molecule has 3 aliphatic heterocycles. The predicted molar refractivity (Wildman–Crippen MR) is 200 cm³/mol. The molecule has 0 aromatic heterocycles. The molecule has 2 unspecified atom stereocenters. The Labute approximate surface area is 310 Å². The Morgan fingerprint density at radius 2 is 0.981 bits per heavy atom. The van der Waals surface area contributed by atoms with Gasteiger partial charge in [0.15, 0.2) is 6.04 Å². The van der Waals surface area contributed by atoms with Crippen LogP contribution in [0.1, 0.15) is 91.0 Å². The number of hydrogen-bond donors (Lipinski definition) is 0. The van der Waals surface area contributed by atoms with Gasteiger partial charge in [0.05, 0.1) is 33.5 Å². The lowest BCUT2D eigenvalue weighted by Gasteiger charge is -2.44. The van der Waals surface area contributed by atoms with Crippen LogP contribution in [-0.4, -0.2) is 50.8 Å². The SMILES string of the molecule is CC1=CC(C)(C)N(C(=O)C(c2ccccc2)N2C(=O)c3ccccc3C2=O)c2ccc(OC(=O)C(c3ccccc3)N3C(=O)c4ccccc4C3=O)cc21. The van der Waals surface area contributed by atoms with Crippen LogP contribution in [0.4, 0.5) is 5.69 Å². The molecule has 0 saturated heterocycles. The van der Waals surface area contributed by atoms with E-state index in [0.717, 1.165) is 15.4 Å². The smallest absolute Gasteiger partial charge is 0.339 e. The van der Waals surface area contributed by atoms with Gasteiger partial charge in [0.1, 0.15) is 11.8 Å². The molecule has 0 radical (unpaired) electrons. The number of rotatable bonds is 7. The first kappa shape index (κ1) is 34.2. The first-order valence-electron chi connectivity index (χ1n) is 17.4. The molecular weight excluding hydrogens is 682 g/mol. The zero-order valence-corrected chi connectivity index (χ0v) is 29.6. The Morgan fingerprint density at radius 1 is 0.556 bits per heavy atom. The summed E-state index contributed by atoms with van der Waals surface area (Å²) in [5.41, 5.74) is 2.63. The Morgan fingerprint density at radius 3 is 1.46 bits per heavy atom. The van der Waals surface area contributed by atoms with Crippen molar-refractivity contribution in [3.8, 4) is 5.75 Å². The van der Waals surface area contributed by atoms with E-state index in [0.29, 0.717) is 22.4 Å². The molecule has 10 nitrogen and oxygen atoms in total. The molecule has 5 aromatic carbocycles. The second kappa shape index (κ2) is 12.9. The van der Waals surface area contributed by atoms with Gasteiger partial charge in [-0.25, -0.2) is 4.79 Å². The van der Waals surface area contributed by atoms with Crippen LogP contribution < -0.4 is 9.64 Å². The molecule has 3 heterocycles. The van der Waals surface area contributed by atoms with Gasteiger partial charge in [-0.15, -0.1) is 0 Å². The Bertz CT molecular complexity index is 2380. The average Bonchev–Trinajstić information content (AvgIpc) is 3.57. The van der Waals surface area contributed by atoms with Gasteiger partial charge < -0.3 is 9.64 Å². The number of carbonyl (C=O) groups excluding carboxylic acids is 6. The summed E-state index contributed by atoms with van der Waals surface area (Å²) in [6.07, 6.45) is 1.90. The summed E-state index contributed by atoms with van der Waals surface area (Å²) in [6, 6.07) is 32.3. The number of esters is 1. The summed E-state index contributed by atoms with van der Waals surface area (Å²) in [7, 11) is 0. The second-order valence-electron chi connectivity index (χ2n) is 13.9. The molecule has 0 bridgehead atoms. The van der Waals surface area contributed by atoms with Crippen LogP contribution in [0.5, 0.6) is 5.75 Å². The van der Waals surface area contributed by atoms with Crippen molar-refractivity contribution in [1.29, 1.82) is 0 Å². The predicted octanol–water partition coefficient (Wildman–Crippen LogP) is 7.20. The molecule has 0 saturated carbocycles. The number of imide groups is 2. The van der Waals surface area contributed by atoms with E-state index in [9.17, 15) is 24.0 Å². The normalized spacial score (nSPS) is 16.7. The van der Waals surface area contributed by atoms with Gasteiger partial charge in [-0.1, -0.05) is 91.0 Å². The molecule has 10 heteroatoms. The lowest BCUT2D eigenvalue weighted by molar-refractivity contribution is -0.139. The lowest BCUT2D eigenvalue weighted by atomic mass is 9.87. The van der Waals surface area contributed by atoms with E-state index in [2.05, 4.69) is 0 Å². The van der Waals surface area contributed by atoms with Gasteiger partial charge in [0.25, 0.3) is 29.5 Å². The summed E-state index contributed by atoms with van der Waals surface area (Å²) in [6.45, 7) is 5.60. The maximum absolute atomic E-state index is 15.0. The van der Waals surface area contributed by atoms with E-state index < -0.39 is 53.1 Å². The third kappa shape index (κ3) is 5.42. The van der Waals surface area contributed by atoms with Gasteiger partial charge in [0, 0.05) is 5.56 Å². The highest BCUT2D eigenvalue weighted by atomic mass is 16.5. The third-order valence-electron chi connectivity index (χ3n) is 10.1. The number of carbonyl (C=O) groups is 6. The highest BCUT2D eigenvalue weighted by Crippen LogP contribution is 2.44. The van der Waals surface area contributed by atoms with Gasteiger partial charge in [-0.3, -0.25) is 33.8 Å². The van der Waals surface area contributed by atoms with E-state index in [4.69, 9.17) is 4.74 Å². The van der Waals surface area contributed by atoms with Gasteiger partial charge in [-0.05, 0) is 79.9 Å². The van der Waals surface area contributed by atoms with Crippen molar-refractivity contribution in [3.05, 3.63) is 172 Å². The molecule has 0 N–H and O–H groups in total. The number of hydrogen-bond acceptors (Lipinski definition) is 7. The number of anilines is 1. The summed E-state index contributed by atoms with van der Waals surface area (Å²) >= 11 is 0. The molecule has 54 heavy (non-hydrogen) atoms. The second-order valence-corrected chi connectivity index (χ2v) is 13.9. The fourth-order valence-corrected chi connectivity index (χ4v) is 7.72. The van der Waals surface area contributed by atoms with Crippen molar-refractivity contribution >= 4 is 46.8 Å². The highest BCUT2D eigenvalue weighted by Gasteiger charge is 2.48. The van der Waals surface area contributed by atoms with Crippen molar-refractivity contribution in [2.45, 2.75) is 38.4 Å². The van der Waals surface area contributed by atoms with Crippen molar-refractivity contribution in [3.63, 3.8) is 0 Å². The van der Waals surface area contributed by atoms with Crippen LogP contribution in [0.15, 0.2) is 133 Å². The molecule has 0 aliphatic carbocycles. The van der Waals surface area contributed by atoms with Gasteiger partial charge in [-0.2, -0.15) is 0 Å². The fraction of sp³-hybridized carbons (Fsp3) is 0.136. The number of amides is 5. The summed E-state index contributed by atoms with van der Waals surface area (Å²) in [4.78, 5) is 87.3. The number of fused-ring (bicyclic) bond motifs is 3. The van der Waals surface area contributed by atoms with Crippen molar-refractivity contribution in [2.24, 2.45) is 0 Å². The Kier molecular flexibility index (Phi) is 8.18. The van der Waals surface area contributed by atoms with Gasteiger partial charge >= 0.3 is 5.97 Å². The standard InChI is InChI=1S/C44H33N3O7/c1-26-25-44(2,3)47(42(52)36(27-14-6-4-7-15-27)45-38(48)30-18-10-11-19-31(30)39(45)49)35-23-22-29(24-34(26)35)54-43(53)37(28-16-8-5-9-17-28)46-40(50)32-20-12-13-21-33(32)41(46)51/h4-25,36-37H,1-3H3. The van der Waals surface area contributed by atoms with E-state index in [1.165, 1.54) is 6.07 Å². The zero-order valence-electron chi connectivity index (χ0n) is 29.6. The van der Waals surface area contributed by atoms with E-state index >= 15 is 4.79 Å². The number of benzene rings is 5. The minimum absolute atomic E-state index is 0.121. The average molecular weight is 716 g/mol. The van der Waals surface area contributed by atoms with Crippen LogP contribution >= 0.6 is 0 Å². The van der Waals surface area contributed by atoms with Crippen LogP contribution in [0, 0.1) is 0 Å². The number of allylic oxidation sites excluding steroid dienone is 1. The quantitative estimate of drug-likeness (QED) is 0.0993. The monoisotopic (exact) mass is 715 g/mol. The van der Waals surface area contributed by atoms with Crippen molar-refractivity contribution in [1.82, 2.24) is 9.80 Å². The summed E-state index contributed by atoms with van der Waals surface area (Å²) in [5, 5.41) is 0. The maximum Gasteiger partial charge on any atom is 0.339 e. The first-order chi connectivity index (χ1) is 26.0. The van der Waals surface area contributed by atoms with Crippen LogP contribution in [-0.2, 0) is 9.59 Å². The van der Waals surface area contributed by atoms with Crippen molar-refractivity contribution in [2.75, 3.05) is 4.90 Å². The van der Waals surface area contributed by atoms with Gasteiger partial charge in [0.2, 0.25) is 0 Å². The zero-order chi connectivity index (χ0) is 37.9. The Hall–Kier alpha value is -6.94.